The fourth-order valence-corrected chi connectivity index (χ4v) is 1.96. The van der Waals surface area contributed by atoms with Crippen LogP contribution in [-0.4, -0.2) is 29.7 Å². The summed E-state index contributed by atoms with van der Waals surface area (Å²) in [5, 5.41) is 3.24. The molecule has 1 unspecified atom stereocenters. The van der Waals surface area contributed by atoms with Gasteiger partial charge in [0.25, 0.3) is 0 Å². The molecular formula is C16H26N2O3. The predicted octanol–water partition coefficient (Wildman–Crippen LogP) is 2.69. The van der Waals surface area contributed by atoms with Gasteiger partial charge in [0.05, 0.1) is 12.7 Å². The lowest BCUT2D eigenvalue weighted by atomic mass is 10.1. The topological polar surface area (TPSA) is 60.5 Å². The molecule has 0 spiro atoms. The SMILES string of the molecule is CCCC(NCc1cccnc1OC(C)C)C(=O)OCC. The average molecular weight is 294 g/mol. The van der Waals surface area contributed by atoms with E-state index in [1.165, 1.54) is 0 Å². The van der Waals surface area contributed by atoms with Gasteiger partial charge < -0.3 is 14.8 Å². The molecule has 0 radical (unpaired) electrons. The van der Waals surface area contributed by atoms with E-state index in [1.54, 1.807) is 6.20 Å². The van der Waals surface area contributed by atoms with Gasteiger partial charge in [-0.05, 0) is 33.3 Å². The number of esters is 1. The van der Waals surface area contributed by atoms with Crippen LogP contribution < -0.4 is 10.1 Å². The maximum absolute atomic E-state index is 11.9. The molecule has 0 fully saturated rings. The van der Waals surface area contributed by atoms with Crippen molar-refractivity contribution in [1.82, 2.24) is 10.3 Å². The van der Waals surface area contributed by atoms with E-state index in [4.69, 9.17) is 9.47 Å². The molecule has 0 aliphatic heterocycles. The van der Waals surface area contributed by atoms with Crippen LogP contribution in [0.15, 0.2) is 18.3 Å². The average Bonchev–Trinajstić information content (AvgIpc) is 2.44. The number of pyridine rings is 1. The van der Waals surface area contributed by atoms with Gasteiger partial charge in [0.2, 0.25) is 5.88 Å². The summed E-state index contributed by atoms with van der Waals surface area (Å²) < 4.78 is 10.8. The van der Waals surface area contributed by atoms with Crippen LogP contribution in [0.2, 0.25) is 0 Å². The molecule has 0 amide bonds. The Morgan fingerprint density at radius 2 is 2.14 bits per heavy atom. The Hall–Kier alpha value is -1.62. The molecule has 1 atom stereocenters. The van der Waals surface area contributed by atoms with Gasteiger partial charge in [0.1, 0.15) is 6.04 Å². The van der Waals surface area contributed by atoms with Gasteiger partial charge in [0.15, 0.2) is 0 Å². The first kappa shape index (κ1) is 17.4. The van der Waals surface area contributed by atoms with E-state index in [0.717, 1.165) is 18.4 Å². The lowest BCUT2D eigenvalue weighted by Crippen LogP contribution is -2.37. The molecule has 21 heavy (non-hydrogen) atoms. The highest BCUT2D eigenvalue weighted by molar-refractivity contribution is 5.75. The number of rotatable bonds is 9. The van der Waals surface area contributed by atoms with Gasteiger partial charge >= 0.3 is 5.97 Å². The van der Waals surface area contributed by atoms with E-state index in [-0.39, 0.29) is 18.1 Å². The molecule has 0 saturated heterocycles. The summed E-state index contributed by atoms with van der Waals surface area (Å²) in [6, 6.07) is 3.52. The molecule has 1 aromatic heterocycles. The van der Waals surface area contributed by atoms with Crippen LogP contribution in [0.5, 0.6) is 5.88 Å². The lowest BCUT2D eigenvalue weighted by Gasteiger charge is -2.18. The highest BCUT2D eigenvalue weighted by Gasteiger charge is 2.19. The minimum absolute atomic E-state index is 0.0649. The van der Waals surface area contributed by atoms with E-state index in [1.807, 2.05) is 39.8 Å². The van der Waals surface area contributed by atoms with Crippen molar-refractivity contribution in [3.63, 3.8) is 0 Å². The number of nitrogens with zero attached hydrogens (tertiary/aromatic N) is 1. The molecule has 0 aromatic carbocycles. The predicted molar refractivity (Wildman–Crippen MR) is 82.2 cm³/mol. The molecule has 5 nitrogen and oxygen atoms in total. The minimum atomic E-state index is -0.290. The van der Waals surface area contributed by atoms with Crippen molar-refractivity contribution in [2.75, 3.05) is 6.61 Å². The molecule has 0 bridgehead atoms. The summed E-state index contributed by atoms with van der Waals surface area (Å²) in [7, 11) is 0. The number of ether oxygens (including phenoxy) is 2. The summed E-state index contributed by atoms with van der Waals surface area (Å²) >= 11 is 0. The van der Waals surface area contributed by atoms with Crippen molar-refractivity contribution < 1.29 is 14.3 Å². The smallest absolute Gasteiger partial charge is 0.323 e. The zero-order chi connectivity index (χ0) is 15.7. The third-order valence-corrected chi connectivity index (χ3v) is 2.88. The van der Waals surface area contributed by atoms with Crippen LogP contribution in [0.3, 0.4) is 0 Å². The number of hydrogen-bond donors (Lipinski definition) is 1. The first-order chi connectivity index (χ1) is 10.1. The zero-order valence-corrected chi connectivity index (χ0v) is 13.4. The highest BCUT2D eigenvalue weighted by Crippen LogP contribution is 2.16. The van der Waals surface area contributed by atoms with Gasteiger partial charge in [-0.2, -0.15) is 0 Å². The standard InChI is InChI=1S/C16H26N2O3/c1-5-8-14(16(19)20-6-2)18-11-13-9-7-10-17-15(13)21-12(3)4/h7,9-10,12,14,18H,5-6,8,11H2,1-4H3. The summed E-state index contributed by atoms with van der Waals surface area (Å²) in [6.07, 6.45) is 3.43. The monoisotopic (exact) mass is 294 g/mol. The van der Waals surface area contributed by atoms with Gasteiger partial charge in [-0.15, -0.1) is 0 Å². The molecular weight excluding hydrogens is 268 g/mol. The Balaban J connectivity index is 2.69. The molecule has 0 aliphatic carbocycles. The van der Waals surface area contributed by atoms with E-state index >= 15 is 0 Å². The van der Waals surface area contributed by atoms with Gasteiger partial charge in [-0.25, -0.2) is 4.98 Å². The van der Waals surface area contributed by atoms with Crippen molar-refractivity contribution in [3.8, 4) is 5.88 Å². The van der Waals surface area contributed by atoms with Crippen molar-refractivity contribution in [2.24, 2.45) is 0 Å². The van der Waals surface area contributed by atoms with Crippen LogP contribution in [0.25, 0.3) is 0 Å². The second-order valence-corrected chi connectivity index (χ2v) is 5.11. The third-order valence-electron chi connectivity index (χ3n) is 2.88. The Morgan fingerprint density at radius 3 is 2.76 bits per heavy atom. The van der Waals surface area contributed by atoms with Crippen LogP contribution in [0.1, 0.15) is 46.1 Å². The molecule has 1 rings (SSSR count). The largest absolute Gasteiger partial charge is 0.475 e. The van der Waals surface area contributed by atoms with E-state index < -0.39 is 0 Å². The number of carbonyl (C=O) groups excluding carboxylic acids is 1. The molecule has 1 heterocycles. The van der Waals surface area contributed by atoms with E-state index in [2.05, 4.69) is 10.3 Å². The van der Waals surface area contributed by atoms with Crippen molar-refractivity contribution in [1.29, 1.82) is 0 Å². The molecule has 5 heteroatoms. The van der Waals surface area contributed by atoms with Gasteiger partial charge in [-0.1, -0.05) is 19.4 Å². The van der Waals surface area contributed by atoms with Crippen LogP contribution in [-0.2, 0) is 16.1 Å². The molecule has 0 aliphatic rings. The molecule has 0 saturated carbocycles. The maximum Gasteiger partial charge on any atom is 0.323 e. The highest BCUT2D eigenvalue weighted by atomic mass is 16.5. The fraction of sp³-hybridized carbons (Fsp3) is 0.625. The van der Waals surface area contributed by atoms with E-state index in [9.17, 15) is 4.79 Å². The molecule has 1 N–H and O–H groups in total. The molecule has 1 aromatic rings. The molecule has 118 valence electrons. The maximum atomic E-state index is 11.9. The summed E-state index contributed by atoms with van der Waals surface area (Å²) in [6.45, 7) is 8.71. The normalized spacial score (nSPS) is 12.2. The second kappa shape index (κ2) is 9.34. The summed E-state index contributed by atoms with van der Waals surface area (Å²) in [4.78, 5) is 16.1. The quantitative estimate of drug-likeness (QED) is 0.710. The number of nitrogens with one attached hydrogen (secondary N) is 1. The zero-order valence-electron chi connectivity index (χ0n) is 13.4. The van der Waals surface area contributed by atoms with Gasteiger partial charge in [-0.3, -0.25) is 4.79 Å². The summed E-state index contributed by atoms with van der Waals surface area (Å²) in [5.74, 6) is 0.411. The third kappa shape index (κ3) is 6.12. The lowest BCUT2D eigenvalue weighted by molar-refractivity contribution is -0.145. The van der Waals surface area contributed by atoms with Crippen LogP contribution in [0.4, 0.5) is 0 Å². The Bertz CT molecular complexity index is 435. The van der Waals surface area contributed by atoms with Crippen molar-refractivity contribution in [3.05, 3.63) is 23.9 Å². The number of hydrogen-bond acceptors (Lipinski definition) is 5. The Kier molecular flexibility index (Phi) is 7.75. The van der Waals surface area contributed by atoms with Gasteiger partial charge in [0, 0.05) is 18.3 Å². The Labute approximate surface area is 127 Å². The van der Waals surface area contributed by atoms with Crippen LogP contribution >= 0.6 is 0 Å². The van der Waals surface area contributed by atoms with Crippen LogP contribution in [0, 0.1) is 0 Å². The minimum Gasteiger partial charge on any atom is -0.475 e. The van der Waals surface area contributed by atoms with Crippen molar-refractivity contribution in [2.45, 2.75) is 59.2 Å². The second-order valence-electron chi connectivity index (χ2n) is 5.11. The Morgan fingerprint density at radius 1 is 1.38 bits per heavy atom. The summed E-state index contributed by atoms with van der Waals surface area (Å²) in [5.41, 5.74) is 0.941. The van der Waals surface area contributed by atoms with Crippen molar-refractivity contribution >= 4 is 5.97 Å². The number of aromatic nitrogens is 1. The first-order valence-electron chi connectivity index (χ1n) is 7.59. The van der Waals surface area contributed by atoms with E-state index in [0.29, 0.717) is 19.0 Å². The number of carbonyl (C=O) groups is 1. The fourth-order valence-electron chi connectivity index (χ4n) is 1.96. The first-order valence-corrected chi connectivity index (χ1v) is 7.59.